The van der Waals surface area contributed by atoms with Gasteiger partial charge in [0.2, 0.25) is 0 Å². The maximum Gasteiger partial charge on any atom is 0.255 e. The van der Waals surface area contributed by atoms with Gasteiger partial charge in [0.25, 0.3) is 5.91 Å². The van der Waals surface area contributed by atoms with Crippen LogP contribution >= 0.6 is 50.7 Å². The van der Waals surface area contributed by atoms with Crippen LogP contribution in [-0.2, 0) is 0 Å². The second-order valence-corrected chi connectivity index (χ2v) is 5.88. The molecule has 0 spiro atoms. The van der Waals surface area contributed by atoms with Crippen molar-refractivity contribution in [2.45, 2.75) is 0 Å². The Morgan fingerprint density at radius 2 is 1.90 bits per heavy atom. The van der Waals surface area contributed by atoms with Gasteiger partial charge < -0.3 is 10.7 Å². The lowest BCUT2D eigenvalue weighted by Crippen LogP contribution is -2.15. The van der Waals surface area contributed by atoms with Crippen LogP contribution < -0.4 is 16.6 Å². The monoisotopic (exact) mass is 408 g/mol. The molecule has 0 saturated heterocycles. The molecule has 0 aliphatic rings. The van der Waals surface area contributed by atoms with E-state index in [0.29, 0.717) is 15.2 Å². The predicted octanol–water partition coefficient (Wildman–Crippen LogP) is 4.34. The normalized spacial score (nSPS) is 10.3. The topological polar surface area (TPSA) is 80.0 Å². The van der Waals surface area contributed by atoms with E-state index in [-0.39, 0.29) is 21.6 Å². The first-order valence-corrected chi connectivity index (χ1v) is 7.44. The summed E-state index contributed by atoms with van der Waals surface area (Å²) in [6.07, 6.45) is 0. The lowest BCUT2D eigenvalue weighted by atomic mass is 10.2. The van der Waals surface area contributed by atoms with Crippen LogP contribution in [0.25, 0.3) is 0 Å². The molecule has 0 saturated carbocycles. The summed E-state index contributed by atoms with van der Waals surface area (Å²) in [5.41, 5.74) is 2.98. The molecule has 0 bridgehead atoms. The number of carbonyl (C=O) groups excluding carboxylic acids is 1. The van der Waals surface area contributed by atoms with Gasteiger partial charge in [-0.3, -0.25) is 4.79 Å². The van der Waals surface area contributed by atoms with E-state index in [2.05, 4.69) is 31.7 Å². The number of carbonyl (C=O) groups is 1. The molecule has 1 amide bonds. The van der Waals surface area contributed by atoms with Crippen molar-refractivity contribution in [2.24, 2.45) is 5.84 Å². The van der Waals surface area contributed by atoms with Crippen molar-refractivity contribution in [1.29, 1.82) is 0 Å². The van der Waals surface area contributed by atoms with Gasteiger partial charge in [-0.2, -0.15) is 0 Å². The van der Waals surface area contributed by atoms with Crippen molar-refractivity contribution >= 4 is 68.1 Å². The number of pyridine rings is 1. The molecule has 110 valence electrons. The Bertz CT molecular complexity index is 711. The zero-order valence-corrected chi connectivity index (χ0v) is 14.1. The summed E-state index contributed by atoms with van der Waals surface area (Å²) in [5.74, 6) is 5.10. The van der Waals surface area contributed by atoms with Crippen LogP contribution in [0.1, 0.15) is 10.4 Å². The number of halogens is 4. The van der Waals surface area contributed by atoms with Gasteiger partial charge in [-0.25, -0.2) is 10.8 Å². The summed E-state index contributed by atoms with van der Waals surface area (Å²) >= 11 is 21.1. The second kappa shape index (κ2) is 6.81. The minimum atomic E-state index is -0.420. The van der Waals surface area contributed by atoms with Gasteiger partial charge in [0, 0.05) is 10.0 Å². The summed E-state index contributed by atoms with van der Waals surface area (Å²) in [6, 6.07) is 6.17. The standard InChI is InChI=1S/C12H8BrCl3N4O/c13-6-1-2-7(11(16)10(6)15)18-12(21)5-3-8(14)19-9(4-5)20-17/h1-4H,17H2,(H,18,21)(H,19,20). The van der Waals surface area contributed by atoms with E-state index in [9.17, 15) is 4.79 Å². The third kappa shape index (κ3) is 3.78. The number of hydrogen-bond acceptors (Lipinski definition) is 4. The van der Waals surface area contributed by atoms with Gasteiger partial charge in [-0.05, 0) is 40.2 Å². The molecule has 2 aromatic rings. The summed E-state index contributed by atoms with van der Waals surface area (Å²) in [4.78, 5) is 16.1. The van der Waals surface area contributed by atoms with Crippen LogP contribution in [0.5, 0.6) is 0 Å². The molecule has 5 nitrogen and oxygen atoms in total. The van der Waals surface area contributed by atoms with Crippen molar-refractivity contribution in [1.82, 2.24) is 4.98 Å². The van der Waals surface area contributed by atoms with Gasteiger partial charge in [-0.15, -0.1) is 0 Å². The van der Waals surface area contributed by atoms with Gasteiger partial charge in [0.1, 0.15) is 11.0 Å². The highest BCUT2D eigenvalue weighted by Crippen LogP contribution is 2.36. The number of amides is 1. The Morgan fingerprint density at radius 3 is 2.57 bits per heavy atom. The van der Waals surface area contributed by atoms with Crippen molar-refractivity contribution in [3.05, 3.63) is 49.5 Å². The van der Waals surface area contributed by atoms with E-state index in [1.807, 2.05) is 0 Å². The molecule has 0 unspecified atom stereocenters. The molecule has 0 atom stereocenters. The maximum absolute atomic E-state index is 12.2. The molecule has 1 heterocycles. The molecular formula is C12H8BrCl3N4O. The maximum atomic E-state index is 12.2. The van der Waals surface area contributed by atoms with Crippen molar-refractivity contribution in [2.75, 3.05) is 10.7 Å². The van der Waals surface area contributed by atoms with E-state index >= 15 is 0 Å². The van der Waals surface area contributed by atoms with Gasteiger partial charge in [0.05, 0.1) is 15.7 Å². The molecule has 4 N–H and O–H groups in total. The van der Waals surface area contributed by atoms with Gasteiger partial charge in [0.15, 0.2) is 0 Å². The molecule has 9 heteroatoms. The average molecular weight is 410 g/mol. The molecule has 1 aromatic carbocycles. The summed E-state index contributed by atoms with van der Waals surface area (Å²) < 4.78 is 0.633. The Morgan fingerprint density at radius 1 is 1.19 bits per heavy atom. The van der Waals surface area contributed by atoms with Gasteiger partial charge in [-0.1, -0.05) is 34.8 Å². The smallest absolute Gasteiger partial charge is 0.255 e. The quantitative estimate of drug-likeness (QED) is 0.304. The van der Waals surface area contributed by atoms with Gasteiger partial charge >= 0.3 is 0 Å². The van der Waals surface area contributed by atoms with Crippen LogP contribution in [0.15, 0.2) is 28.7 Å². The number of nitrogens with two attached hydrogens (primary N) is 1. The minimum absolute atomic E-state index is 0.135. The van der Waals surface area contributed by atoms with E-state index in [0.717, 1.165) is 0 Å². The van der Waals surface area contributed by atoms with E-state index in [4.69, 9.17) is 40.6 Å². The van der Waals surface area contributed by atoms with Crippen LogP contribution in [0, 0.1) is 0 Å². The van der Waals surface area contributed by atoms with E-state index < -0.39 is 5.91 Å². The third-order valence-electron chi connectivity index (χ3n) is 2.49. The fraction of sp³-hybridized carbons (Fsp3) is 0. The summed E-state index contributed by atoms with van der Waals surface area (Å²) in [6.45, 7) is 0. The van der Waals surface area contributed by atoms with Crippen molar-refractivity contribution < 1.29 is 4.79 Å². The SMILES string of the molecule is NNc1cc(C(=O)Nc2ccc(Br)c(Cl)c2Cl)cc(Cl)n1. The molecule has 1 aromatic heterocycles. The zero-order valence-electron chi connectivity index (χ0n) is 10.3. The fourth-order valence-corrected chi connectivity index (χ4v) is 2.55. The third-order valence-corrected chi connectivity index (χ3v) is 4.45. The lowest BCUT2D eigenvalue weighted by Gasteiger charge is -2.10. The Kier molecular flexibility index (Phi) is 5.29. The highest BCUT2D eigenvalue weighted by molar-refractivity contribution is 9.10. The number of hydrazine groups is 1. The van der Waals surface area contributed by atoms with Crippen LogP contribution in [0.3, 0.4) is 0 Å². The van der Waals surface area contributed by atoms with Crippen molar-refractivity contribution in [3.8, 4) is 0 Å². The van der Waals surface area contributed by atoms with Crippen LogP contribution in [0.4, 0.5) is 11.5 Å². The van der Waals surface area contributed by atoms with E-state index in [1.165, 1.54) is 12.1 Å². The first-order valence-electron chi connectivity index (χ1n) is 5.51. The number of nitrogen functional groups attached to an aromatic ring is 1. The summed E-state index contributed by atoms with van der Waals surface area (Å²) in [7, 11) is 0. The molecular weight excluding hydrogens is 402 g/mol. The Labute approximate surface area is 143 Å². The van der Waals surface area contributed by atoms with Crippen molar-refractivity contribution in [3.63, 3.8) is 0 Å². The van der Waals surface area contributed by atoms with Crippen LogP contribution in [-0.4, -0.2) is 10.9 Å². The van der Waals surface area contributed by atoms with Crippen LogP contribution in [0.2, 0.25) is 15.2 Å². The molecule has 0 aliphatic carbocycles. The second-order valence-electron chi connectivity index (χ2n) is 3.89. The molecule has 2 rings (SSSR count). The highest BCUT2D eigenvalue weighted by Gasteiger charge is 2.14. The lowest BCUT2D eigenvalue weighted by molar-refractivity contribution is 0.102. The molecule has 0 radical (unpaired) electrons. The Balaban J connectivity index is 2.30. The molecule has 0 fully saturated rings. The minimum Gasteiger partial charge on any atom is -0.321 e. The molecule has 21 heavy (non-hydrogen) atoms. The Hall–Kier alpha value is -1.05. The largest absolute Gasteiger partial charge is 0.321 e. The number of nitrogens with zero attached hydrogens (tertiary/aromatic N) is 1. The van der Waals surface area contributed by atoms with E-state index in [1.54, 1.807) is 12.1 Å². The highest BCUT2D eigenvalue weighted by atomic mass is 79.9. The predicted molar refractivity (Wildman–Crippen MR) is 89.2 cm³/mol. The number of benzene rings is 1. The zero-order chi connectivity index (χ0) is 15.6. The fourth-order valence-electron chi connectivity index (χ4n) is 1.52. The average Bonchev–Trinajstić information content (AvgIpc) is 2.47. The number of hydrogen-bond donors (Lipinski definition) is 3. The number of rotatable bonds is 3. The number of anilines is 2. The number of nitrogens with one attached hydrogen (secondary N) is 2. The molecule has 0 aliphatic heterocycles. The summed E-state index contributed by atoms with van der Waals surface area (Å²) in [5, 5.41) is 3.32. The first kappa shape index (κ1) is 16.3. The first-order chi connectivity index (χ1) is 9.92. The number of aromatic nitrogens is 1.